The fourth-order valence-corrected chi connectivity index (χ4v) is 2.47. The lowest BCUT2D eigenvalue weighted by molar-refractivity contribution is 0.102. The van der Waals surface area contributed by atoms with E-state index in [0.717, 1.165) is 4.47 Å². The molecule has 0 saturated carbocycles. The first kappa shape index (κ1) is 14.5. The Morgan fingerprint density at radius 1 is 1.18 bits per heavy atom. The number of hydrogen-bond donors (Lipinski definition) is 1. The van der Waals surface area contributed by atoms with E-state index in [1.54, 1.807) is 49.5 Å². The number of fused-ring (bicyclic) bond motifs is 1. The van der Waals surface area contributed by atoms with E-state index in [-0.39, 0.29) is 17.4 Å². The average Bonchev–Trinajstić information content (AvgIpc) is 2.53. The van der Waals surface area contributed by atoms with Gasteiger partial charge in [0.2, 0.25) is 5.95 Å². The van der Waals surface area contributed by atoms with Gasteiger partial charge in [-0.05, 0) is 30.3 Å². The molecule has 0 radical (unpaired) electrons. The van der Waals surface area contributed by atoms with Crippen molar-refractivity contribution in [2.24, 2.45) is 7.05 Å². The van der Waals surface area contributed by atoms with Crippen LogP contribution >= 0.6 is 15.9 Å². The summed E-state index contributed by atoms with van der Waals surface area (Å²) in [6.45, 7) is 0. The second-order valence-electron chi connectivity index (χ2n) is 4.78. The van der Waals surface area contributed by atoms with Gasteiger partial charge < -0.3 is 0 Å². The Bertz CT molecular complexity index is 920. The number of benzene rings is 2. The van der Waals surface area contributed by atoms with Gasteiger partial charge in [0.25, 0.3) is 11.5 Å². The van der Waals surface area contributed by atoms with Gasteiger partial charge in [-0.15, -0.1) is 0 Å². The summed E-state index contributed by atoms with van der Waals surface area (Å²) in [4.78, 5) is 28.9. The zero-order chi connectivity index (χ0) is 15.7. The molecule has 2 aromatic carbocycles. The van der Waals surface area contributed by atoms with E-state index in [2.05, 4.69) is 26.2 Å². The number of aromatic nitrogens is 2. The van der Waals surface area contributed by atoms with E-state index in [1.165, 1.54) is 4.57 Å². The Morgan fingerprint density at radius 2 is 1.91 bits per heavy atom. The normalized spacial score (nSPS) is 10.6. The Kier molecular flexibility index (Phi) is 3.77. The third-order valence-corrected chi connectivity index (χ3v) is 3.79. The van der Waals surface area contributed by atoms with Crippen LogP contribution in [0.3, 0.4) is 0 Å². The van der Waals surface area contributed by atoms with Gasteiger partial charge in [-0.3, -0.25) is 19.5 Å². The molecule has 1 N–H and O–H groups in total. The van der Waals surface area contributed by atoms with Gasteiger partial charge in [0, 0.05) is 17.1 Å². The molecule has 0 spiro atoms. The molecule has 5 nitrogen and oxygen atoms in total. The molecule has 0 saturated heterocycles. The standard InChI is InChI=1S/C16H12BrN3O2/c1-20-15(22)12-8-7-11(17)9-13(12)18-16(20)19-14(21)10-5-3-2-4-6-10/h2-9H,1H3,(H,18,19,21). The quantitative estimate of drug-likeness (QED) is 0.766. The van der Waals surface area contributed by atoms with Crippen molar-refractivity contribution < 1.29 is 4.79 Å². The highest BCUT2D eigenvalue weighted by Gasteiger charge is 2.12. The minimum Gasteiger partial charge on any atom is -0.292 e. The van der Waals surface area contributed by atoms with E-state index in [0.29, 0.717) is 16.5 Å². The Hall–Kier alpha value is -2.47. The third kappa shape index (κ3) is 2.65. The largest absolute Gasteiger partial charge is 0.292 e. The van der Waals surface area contributed by atoms with Gasteiger partial charge in [-0.25, -0.2) is 4.98 Å². The van der Waals surface area contributed by atoms with E-state index >= 15 is 0 Å². The molecule has 22 heavy (non-hydrogen) atoms. The molecular weight excluding hydrogens is 346 g/mol. The minimum absolute atomic E-state index is 0.208. The van der Waals surface area contributed by atoms with Crippen LogP contribution in [-0.2, 0) is 7.05 Å². The molecule has 3 rings (SSSR count). The van der Waals surface area contributed by atoms with Gasteiger partial charge in [0.05, 0.1) is 10.9 Å². The lowest BCUT2D eigenvalue weighted by atomic mass is 10.2. The van der Waals surface area contributed by atoms with Gasteiger partial charge in [-0.1, -0.05) is 34.1 Å². The second kappa shape index (κ2) is 5.73. The van der Waals surface area contributed by atoms with E-state index in [4.69, 9.17) is 0 Å². The summed E-state index contributed by atoms with van der Waals surface area (Å²) in [6.07, 6.45) is 0. The van der Waals surface area contributed by atoms with Gasteiger partial charge in [0.15, 0.2) is 0 Å². The van der Waals surface area contributed by atoms with Crippen molar-refractivity contribution in [3.8, 4) is 0 Å². The summed E-state index contributed by atoms with van der Waals surface area (Å²) < 4.78 is 2.15. The lowest BCUT2D eigenvalue weighted by Gasteiger charge is -2.10. The van der Waals surface area contributed by atoms with E-state index < -0.39 is 0 Å². The van der Waals surface area contributed by atoms with Crippen LogP contribution in [0.15, 0.2) is 57.8 Å². The number of carbonyl (C=O) groups is 1. The highest BCUT2D eigenvalue weighted by Crippen LogP contribution is 2.17. The van der Waals surface area contributed by atoms with Crippen molar-refractivity contribution in [1.82, 2.24) is 9.55 Å². The van der Waals surface area contributed by atoms with Crippen LogP contribution < -0.4 is 10.9 Å². The number of rotatable bonds is 2. The van der Waals surface area contributed by atoms with Crippen molar-refractivity contribution in [3.63, 3.8) is 0 Å². The van der Waals surface area contributed by atoms with Crippen molar-refractivity contribution in [3.05, 3.63) is 68.9 Å². The maximum Gasteiger partial charge on any atom is 0.262 e. The summed E-state index contributed by atoms with van der Waals surface area (Å²) in [7, 11) is 1.58. The number of nitrogens with zero attached hydrogens (tertiary/aromatic N) is 2. The molecule has 0 aliphatic heterocycles. The van der Waals surface area contributed by atoms with Crippen LogP contribution in [0.25, 0.3) is 10.9 Å². The summed E-state index contributed by atoms with van der Waals surface area (Å²) >= 11 is 3.35. The molecule has 1 amide bonds. The van der Waals surface area contributed by atoms with Crippen LogP contribution in [0, 0.1) is 0 Å². The zero-order valence-electron chi connectivity index (χ0n) is 11.7. The summed E-state index contributed by atoms with van der Waals surface area (Å²) in [5.74, 6) is -0.0955. The van der Waals surface area contributed by atoms with Crippen molar-refractivity contribution >= 4 is 38.7 Å². The Morgan fingerprint density at radius 3 is 2.64 bits per heavy atom. The average molecular weight is 358 g/mol. The van der Waals surface area contributed by atoms with Crippen LogP contribution in [0.1, 0.15) is 10.4 Å². The molecule has 0 bridgehead atoms. The number of anilines is 1. The molecule has 110 valence electrons. The molecule has 6 heteroatoms. The molecule has 0 atom stereocenters. The highest BCUT2D eigenvalue weighted by atomic mass is 79.9. The van der Waals surface area contributed by atoms with Gasteiger partial charge in [-0.2, -0.15) is 0 Å². The van der Waals surface area contributed by atoms with Crippen LogP contribution in [0.2, 0.25) is 0 Å². The molecule has 1 aromatic heterocycles. The number of amides is 1. The number of nitrogens with one attached hydrogen (secondary N) is 1. The summed E-state index contributed by atoms with van der Waals surface area (Å²) in [5, 5.41) is 3.18. The van der Waals surface area contributed by atoms with Gasteiger partial charge >= 0.3 is 0 Å². The van der Waals surface area contributed by atoms with Crippen molar-refractivity contribution in [2.45, 2.75) is 0 Å². The molecule has 0 aliphatic rings. The lowest BCUT2D eigenvalue weighted by Crippen LogP contribution is -2.25. The summed E-state index contributed by atoms with van der Waals surface area (Å²) in [5.41, 5.74) is 0.827. The van der Waals surface area contributed by atoms with Gasteiger partial charge in [0.1, 0.15) is 0 Å². The Balaban J connectivity index is 2.06. The number of hydrogen-bond acceptors (Lipinski definition) is 3. The SMILES string of the molecule is Cn1c(NC(=O)c2ccccc2)nc2cc(Br)ccc2c1=O. The minimum atomic E-state index is -0.308. The first-order valence-electron chi connectivity index (χ1n) is 6.59. The smallest absolute Gasteiger partial charge is 0.262 e. The maximum absolute atomic E-state index is 12.3. The van der Waals surface area contributed by atoms with E-state index in [9.17, 15) is 9.59 Å². The van der Waals surface area contributed by atoms with Crippen LogP contribution in [0.4, 0.5) is 5.95 Å². The van der Waals surface area contributed by atoms with Crippen LogP contribution in [0.5, 0.6) is 0 Å². The first-order valence-corrected chi connectivity index (χ1v) is 7.38. The number of halogens is 1. The fourth-order valence-electron chi connectivity index (χ4n) is 2.12. The highest BCUT2D eigenvalue weighted by molar-refractivity contribution is 9.10. The topological polar surface area (TPSA) is 64.0 Å². The van der Waals surface area contributed by atoms with E-state index in [1.807, 2.05) is 6.07 Å². The predicted octanol–water partition coefficient (Wildman–Crippen LogP) is 2.95. The molecular formula is C16H12BrN3O2. The van der Waals surface area contributed by atoms with Crippen molar-refractivity contribution in [1.29, 1.82) is 0 Å². The first-order chi connectivity index (χ1) is 10.6. The monoisotopic (exact) mass is 357 g/mol. The molecule has 3 aromatic rings. The molecule has 1 heterocycles. The molecule has 0 unspecified atom stereocenters. The van der Waals surface area contributed by atoms with Crippen LogP contribution in [-0.4, -0.2) is 15.5 Å². The molecule has 0 aliphatic carbocycles. The zero-order valence-corrected chi connectivity index (χ0v) is 13.3. The fraction of sp³-hybridized carbons (Fsp3) is 0.0625. The third-order valence-electron chi connectivity index (χ3n) is 3.30. The summed E-state index contributed by atoms with van der Waals surface area (Å²) in [6, 6.07) is 14.0. The predicted molar refractivity (Wildman–Crippen MR) is 89.1 cm³/mol. The maximum atomic E-state index is 12.3. The second-order valence-corrected chi connectivity index (χ2v) is 5.70. The Labute approximate surface area is 134 Å². The molecule has 0 fully saturated rings. The van der Waals surface area contributed by atoms with Crippen molar-refractivity contribution in [2.75, 3.05) is 5.32 Å². The number of carbonyl (C=O) groups excluding carboxylic acids is 1.